The molecule has 0 aromatic heterocycles. The molecule has 1 aromatic rings. The summed E-state index contributed by atoms with van der Waals surface area (Å²) in [5.74, 6) is 0.175. The van der Waals surface area contributed by atoms with Gasteiger partial charge in [0.25, 0.3) is 0 Å². The smallest absolute Gasteiger partial charge is 0.128 e. The van der Waals surface area contributed by atoms with Gasteiger partial charge in [0.15, 0.2) is 0 Å². The summed E-state index contributed by atoms with van der Waals surface area (Å²) in [6, 6.07) is 5.32. The van der Waals surface area contributed by atoms with Crippen molar-refractivity contribution >= 4 is 0 Å². The van der Waals surface area contributed by atoms with E-state index in [4.69, 9.17) is 5.73 Å². The Hall–Kier alpha value is -0.890. The largest absolute Gasteiger partial charge is 0.321 e. The van der Waals surface area contributed by atoms with Crippen LogP contribution >= 0.6 is 0 Å². The van der Waals surface area contributed by atoms with Crippen LogP contribution in [-0.4, -0.2) is 0 Å². The summed E-state index contributed by atoms with van der Waals surface area (Å²) in [5, 5.41) is 0. The molecule has 0 radical (unpaired) electrons. The fourth-order valence-electron chi connectivity index (χ4n) is 3.72. The van der Waals surface area contributed by atoms with Crippen molar-refractivity contribution in [3.8, 4) is 0 Å². The van der Waals surface area contributed by atoms with Crippen LogP contribution in [0.5, 0.6) is 0 Å². The van der Waals surface area contributed by atoms with Crippen molar-refractivity contribution in [3.05, 3.63) is 35.1 Å². The third kappa shape index (κ3) is 2.69. The molecule has 2 heteroatoms. The highest BCUT2D eigenvalue weighted by Crippen LogP contribution is 2.48. The monoisotopic (exact) mass is 263 g/mol. The molecule has 0 saturated heterocycles. The standard InChI is InChI=1S/C17H26FN/c1-12-8-9-14(18)13(11-12)17(19)10-6-5-7-15(17)16(2,3)4/h8-9,11,15H,5-7,10,19H2,1-4H3. The fraction of sp³-hybridized carbons (Fsp3) is 0.647. The second-order valence-corrected chi connectivity index (χ2v) is 7.19. The lowest BCUT2D eigenvalue weighted by atomic mass is 9.60. The van der Waals surface area contributed by atoms with Crippen molar-refractivity contribution in [1.29, 1.82) is 0 Å². The van der Waals surface area contributed by atoms with Gasteiger partial charge in [-0.25, -0.2) is 4.39 Å². The zero-order chi connectivity index (χ0) is 14.3. The molecule has 1 aliphatic carbocycles. The van der Waals surface area contributed by atoms with Crippen molar-refractivity contribution in [2.45, 2.75) is 58.9 Å². The Balaban J connectivity index is 2.51. The van der Waals surface area contributed by atoms with Gasteiger partial charge in [0.05, 0.1) is 0 Å². The van der Waals surface area contributed by atoms with Gasteiger partial charge in [0.1, 0.15) is 5.82 Å². The highest BCUT2D eigenvalue weighted by molar-refractivity contribution is 5.32. The van der Waals surface area contributed by atoms with Crippen LogP contribution in [-0.2, 0) is 5.54 Å². The molecule has 106 valence electrons. The van der Waals surface area contributed by atoms with E-state index in [0.717, 1.165) is 24.8 Å². The number of aryl methyl sites for hydroxylation is 1. The number of hydrogen-bond acceptors (Lipinski definition) is 1. The van der Waals surface area contributed by atoms with E-state index in [9.17, 15) is 4.39 Å². The van der Waals surface area contributed by atoms with E-state index in [1.54, 1.807) is 6.07 Å². The van der Waals surface area contributed by atoms with Crippen molar-refractivity contribution in [2.24, 2.45) is 17.1 Å². The number of hydrogen-bond donors (Lipinski definition) is 1. The maximum absolute atomic E-state index is 14.3. The minimum absolute atomic E-state index is 0.103. The maximum atomic E-state index is 14.3. The topological polar surface area (TPSA) is 26.0 Å². The molecule has 0 bridgehead atoms. The molecule has 19 heavy (non-hydrogen) atoms. The maximum Gasteiger partial charge on any atom is 0.128 e. The van der Waals surface area contributed by atoms with E-state index in [1.807, 2.05) is 19.1 Å². The van der Waals surface area contributed by atoms with Gasteiger partial charge in [-0.3, -0.25) is 0 Å². The average molecular weight is 263 g/mol. The van der Waals surface area contributed by atoms with Crippen molar-refractivity contribution < 1.29 is 4.39 Å². The molecule has 2 unspecified atom stereocenters. The van der Waals surface area contributed by atoms with E-state index in [1.165, 1.54) is 6.42 Å². The molecule has 1 fully saturated rings. The lowest BCUT2D eigenvalue weighted by molar-refractivity contribution is 0.0752. The van der Waals surface area contributed by atoms with Gasteiger partial charge in [-0.1, -0.05) is 51.3 Å². The van der Waals surface area contributed by atoms with E-state index in [2.05, 4.69) is 20.8 Å². The Bertz CT molecular complexity index is 461. The number of halogens is 1. The first-order chi connectivity index (χ1) is 8.75. The van der Waals surface area contributed by atoms with Crippen molar-refractivity contribution in [1.82, 2.24) is 0 Å². The number of benzene rings is 1. The molecular weight excluding hydrogens is 237 g/mol. The second kappa shape index (κ2) is 4.90. The molecule has 2 rings (SSSR count). The van der Waals surface area contributed by atoms with E-state index < -0.39 is 5.54 Å². The Morgan fingerprint density at radius 1 is 1.26 bits per heavy atom. The van der Waals surface area contributed by atoms with Gasteiger partial charge < -0.3 is 5.73 Å². The summed E-state index contributed by atoms with van der Waals surface area (Å²) in [6.07, 6.45) is 4.27. The zero-order valence-corrected chi connectivity index (χ0v) is 12.6. The molecule has 1 saturated carbocycles. The van der Waals surface area contributed by atoms with Crippen LogP contribution in [0.15, 0.2) is 18.2 Å². The predicted octanol–water partition coefficient (Wildman–Crippen LogP) is 4.52. The first kappa shape index (κ1) is 14.5. The lowest BCUT2D eigenvalue weighted by Crippen LogP contribution is -2.51. The Labute approximate surface area is 116 Å². The van der Waals surface area contributed by atoms with E-state index >= 15 is 0 Å². The number of nitrogens with two attached hydrogens (primary N) is 1. The van der Waals surface area contributed by atoms with Crippen LogP contribution in [0.1, 0.15) is 57.6 Å². The second-order valence-electron chi connectivity index (χ2n) is 7.19. The third-order valence-electron chi connectivity index (χ3n) is 4.62. The quantitative estimate of drug-likeness (QED) is 0.791. The molecule has 1 nitrogen and oxygen atoms in total. The van der Waals surface area contributed by atoms with Crippen LogP contribution in [0.2, 0.25) is 0 Å². The summed E-state index contributed by atoms with van der Waals surface area (Å²) >= 11 is 0. The highest BCUT2D eigenvalue weighted by Gasteiger charge is 2.45. The molecule has 2 atom stereocenters. The molecule has 0 aliphatic heterocycles. The summed E-state index contributed by atoms with van der Waals surface area (Å²) in [5.41, 5.74) is 8.12. The van der Waals surface area contributed by atoms with Gasteiger partial charge in [-0.05, 0) is 37.2 Å². The Morgan fingerprint density at radius 3 is 2.58 bits per heavy atom. The minimum Gasteiger partial charge on any atom is -0.321 e. The van der Waals surface area contributed by atoms with Crippen molar-refractivity contribution in [3.63, 3.8) is 0 Å². The first-order valence-electron chi connectivity index (χ1n) is 7.30. The predicted molar refractivity (Wildman–Crippen MR) is 78.4 cm³/mol. The summed E-state index contributed by atoms with van der Waals surface area (Å²) in [6.45, 7) is 8.66. The van der Waals surface area contributed by atoms with E-state index in [-0.39, 0.29) is 11.2 Å². The Morgan fingerprint density at radius 2 is 1.95 bits per heavy atom. The van der Waals surface area contributed by atoms with Gasteiger partial charge in [-0.2, -0.15) is 0 Å². The van der Waals surface area contributed by atoms with Crippen LogP contribution in [0.3, 0.4) is 0 Å². The summed E-state index contributed by atoms with van der Waals surface area (Å²) < 4.78 is 14.3. The highest BCUT2D eigenvalue weighted by atomic mass is 19.1. The molecule has 1 aliphatic rings. The van der Waals surface area contributed by atoms with Gasteiger partial charge in [-0.15, -0.1) is 0 Å². The molecule has 0 spiro atoms. The molecular formula is C17H26FN. The van der Waals surface area contributed by atoms with Gasteiger partial charge in [0.2, 0.25) is 0 Å². The average Bonchev–Trinajstić information content (AvgIpc) is 2.31. The third-order valence-corrected chi connectivity index (χ3v) is 4.62. The first-order valence-corrected chi connectivity index (χ1v) is 7.30. The van der Waals surface area contributed by atoms with Crippen LogP contribution in [0, 0.1) is 24.1 Å². The SMILES string of the molecule is Cc1ccc(F)c(C2(N)CCCCC2C(C)(C)C)c1. The molecule has 0 heterocycles. The molecule has 2 N–H and O–H groups in total. The van der Waals surface area contributed by atoms with E-state index in [0.29, 0.717) is 11.5 Å². The van der Waals surface area contributed by atoms with Gasteiger partial charge >= 0.3 is 0 Å². The fourth-order valence-corrected chi connectivity index (χ4v) is 3.72. The van der Waals surface area contributed by atoms with Crippen molar-refractivity contribution in [2.75, 3.05) is 0 Å². The molecule has 1 aromatic carbocycles. The Kier molecular flexibility index (Phi) is 3.74. The summed E-state index contributed by atoms with van der Waals surface area (Å²) in [4.78, 5) is 0. The normalized spacial score (nSPS) is 28.4. The van der Waals surface area contributed by atoms with Crippen LogP contribution in [0.4, 0.5) is 4.39 Å². The minimum atomic E-state index is -0.521. The zero-order valence-electron chi connectivity index (χ0n) is 12.6. The van der Waals surface area contributed by atoms with Crippen LogP contribution < -0.4 is 5.73 Å². The lowest BCUT2D eigenvalue weighted by Gasteiger charge is -2.48. The summed E-state index contributed by atoms with van der Waals surface area (Å²) in [7, 11) is 0. The molecule has 0 amide bonds. The number of rotatable bonds is 1. The van der Waals surface area contributed by atoms with Gasteiger partial charge in [0, 0.05) is 11.1 Å². The van der Waals surface area contributed by atoms with Crippen LogP contribution in [0.25, 0.3) is 0 Å².